The summed E-state index contributed by atoms with van der Waals surface area (Å²) in [6.45, 7) is 9.01. The third-order valence-corrected chi connectivity index (χ3v) is 3.85. The smallest absolute Gasteiger partial charge is 0.221 e. The highest BCUT2D eigenvalue weighted by molar-refractivity contribution is 5.81. The molecule has 0 saturated carbocycles. The maximum atomic E-state index is 11.7. The van der Waals surface area contributed by atoms with Crippen LogP contribution in [-0.2, 0) is 11.3 Å². The molecule has 0 aromatic carbocycles. The minimum atomic E-state index is 0.0605. The first-order valence-electron chi connectivity index (χ1n) is 8.45. The summed E-state index contributed by atoms with van der Waals surface area (Å²) < 4.78 is 4.87. The first kappa shape index (κ1) is 18.3. The highest BCUT2D eigenvalue weighted by Crippen LogP contribution is 2.07. The molecule has 134 valence electrons. The molecule has 1 aliphatic heterocycles. The van der Waals surface area contributed by atoms with Crippen LogP contribution in [0, 0.1) is 0 Å². The Labute approximate surface area is 143 Å². The van der Waals surface area contributed by atoms with Gasteiger partial charge in [0.2, 0.25) is 5.91 Å². The van der Waals surface area contributed by atoms with Gasteiger partial charge >= 0.3 is 0 Å². The molecule has 0 radical (unpaired) electrons. The van der Waals surface area contributed by atoms with Gasteiger partial charge in [-0.1, -0.05) is 5.16 Å². The van der Waals surface area contributed by atoms with Crippen molar-refractivity contribution in [1.29, 1.82) is 0 Å². The SMILES string of the molecule is CN=C(NCCC(=O)NC(C)C)N1CCN(Cc2ccon2)CC1. The molecule has 0 unspecified atom stereocenters. The average Bonchev–Trinajstić information content (AvgIpc) is 3.05. The number of guanidine groups is 1. The number of nitrogens with zero attached hydrogens (tertiary/aromatic N) is 4. The zero-order chi connectivity index (χ0) is 17.4. The lowest BCUT2D eigenvalue weighted by molar-refractivity contribution is -0.121. The normalized spacial score (nSPS) is 16.5. The second kappa shape index (κ2) is 9.27. The van der Waals surface area contributed by atoms with Crippen LogP contribution in [0.5, 0.6) is 0 Å². The highest BCUT2D eigenvalue weighted by Gasteiger charge is 2.20. The van der Waals surface area contributed by atoms with E-state index in [0.29, 0.717) is 13.0 Å². The molecule has 1 saturated heterocycles. The van der Waals surface area contributed by atoms with E-state index in [-0.39, 0.29) is 11.9 Å². The minimum Gasteiger partial charge on any atom is -0.364 e. The lowest BCUT2D eigenvalue weighted by atomic mass is 10.3. The summed E-state index contributed by atoms with van der Waals surface area (Å²) in [4.78, 5) is 20.6. The lowest BCUT2D eigenvalue weighted by Gasteiger charge is -2.36. The van der Waals surface area contributed by atoms with Gasteiger partial charge < -0.3 is 20.1 Å². The lowest BCUT2D eigenvalue weighted by Crippen LogP contribution is -2.52. The van der Waals surface area contributed by atoms with Gasteiger partial charge in [-0.2, -0.15) is 0 Å². The summed E-state index contributed by atoms with van der Waals surface area (Å²) in [6.07, 6.45) is 2.05. The fourth-order valence-electron chi connectivity index (χ4n) is 2.68. The summed E-state index contributed by atoms with van der Waals surface area (Å²) in [5, 5.41) is 10.1. The standard InChI is InChI=1S/C16H28N6O2/c1-13(2)19-15(23)4-6-18-16(17-3)22-9-7-21(8-10-22)12-14-5-11-24-20-14/h5,11,13H,4,6-10,12H2,1-3H3,(H,17,18)(H,19,23). The molecule has 24 heavy (non-hydrogen) atoms. The number of hydrogen-bond donors (Lipinski definition) is 2. The van der Waals surface area contributed by atoms with Crippen molar-refractivity contribution < 1.29 is 9.32 Å². The number of rotatable bonds is 6. The average molecular weight is 336 g/mol. The van der Waals surface area contributed by atoms with Crippen LogP contribution in [-0.4, -0.2) is 72.6 Å². The molecule has 1 fully saturated rings. The second-order valence-electron chi connectivity index (χ2n) is 6.20. The van der Waals surface area contributed by atoms with E-state index in [2.05, 4.69) is 30.6 Å². The summed E-state index contributed by atoms with van der Waals surface area (Å²) >= 11 is 0. The Kier molecular flexibility index (Phi) is 7.05. The largest absolute Gasteiger partial charge is 0.364 e. The predicted molar refractivity (Wildman–Crippen MR) is 92.6 cm³/mol. The Morgan fingerprint density at radius 3 is 2.71 bits per heavy atom. The Morgan fingerprint density at radius 2 is 2.12 bits per heavy atom. The number of aliphatic imine (C=N–C) groups is 1. The molecule has 1 aromatic heterocycles. The number of carbonyl (C=O) groups is 1. The minimum absolute atomic E-state index is 0.0605. The number of amides is 1. The first-order valence-corrected chi connectivity index (χ1v) is 8.45. The van der Waals surface area contributed by atoms with Crippen molar-refractivity contribution in [1.82, 2.24) is 25.6 Å². The van der Waals surface area contributed by atoms with Gasteiger partial charge in [-0.15, -0.1) is 0 Å². The second-order valence-corrected chi connectivity index (χ2v) is 6.20. The fraction of sp³-hybridized carbons (Fsp3) is 0.688. The number of piperazine rings is 1. The van der Waals surface area contributed by atoms with Crippen LogP contribution < -0.4 is 10.6 Å². The van der Waals surface area contributed by atoms with Crippen LogP contribution in [0.4, 0.5) is 0 Å². The van der Waals surface area contributed by atoms with Crippen molar-refractivity contribution in [3.8, 4) is 0 Å². The highest BCUT2D eigenvalue weighted by atomic mass is 16.5. The molecule has 0 atom stereocenters. The first-order chi connectivity index (χ1) is 11.6. The van der Waals surface area contributed by atoms with Gasteiger partial charge in [0.15, 0.2) is 5.96 Å². The molecule has 1 aromatic rings. The van der Waals surface area contributed by atoms with Crippen molar-refractivity contribution >= 4 is 11.9 Å². The number of aromatic nitrogens is 1. The topological polar surface area (TPSA) is 86.0 Å². The summed E-state index contributed by atoms with van der Waals surface area (Å²) in [7, 11) is 1.78. The maximum absolute atomic E-state index is 11.7. The van der Waals surface area contributed by atoms with Crippen molar-refractivity contribution in [3.05, 3.63) is 18.0 Å². The Balaban J connectivity index is 1.70. The number of carbonyl (C=O) groups excluding carboxylic acids is 1. The Morgan fingerprint density at radius 1 is 1.38 bits per heavy atom. The van der Waals surface area contributed by atoms with Gasteiger partial charge in [0.1, 0.15) is 6.26 Å². The van der Waals surface area contributed by atoms with Crippen LogP contribution in [0.1, 0.15) is 26.0 Å². The molecule has 0 spiro atoms. The van der Waals surface area contributed by atoms with Crippen LogP contribution in [0.25, 0.3) is 0 Å². The summed E-state index contributed by atoms with van der Waals surface area (Å²) in [6, 6.07) is 2.07. The van der Waals surface area contributed by atoms with Gasteiger partial charge in [0.25, 0.3) is 0 Å². The molecule has 8 heteroatoms. The molecule has 2 heterocycles. The Bertz CT molecular complexity index is 521. The van der Waals surface area contributed by atoms with Gasteiger partial charge in [-0.3, -0.25) is 14.7 Å². The predicted octanol–water partition coefficient (Wildman–Crippen LogP) is 0.282. The van der Waals surface area contributed by atoms with E-state index in [1.54, 1.807) is 13.3 Å². The van der Waals surface area contributed by atoms with E-state index in [1.165, 1.54) is 0 Å². The van der Waals surface area contributed by atoms with Crippen molar-refractivity contribution in [2.45, 2.75) is 32.9 Å². The number of hydrogen-bond acceptors (Lipinski definition) is 5. The monoisotopic (exact) mass is 336 g/mol. The fourth-order valence-corrected chi connectivity index (χ4v) is 2.68. The van der Waals surface area contributed by atoms with Crippen molar-refractivity contribution in [2.75, 3.05) is 39.8 Å². The van der Waals surface area contributed by atoms with Crippen molar-refractivity contribution in [2.24, 2.45) is 4.99 Å². The molecule has 2 rings (SSSR count). The zero-order valence-electron chi connectivity index (χ0n) is 14.8. The van der Waals surface area contributed by atoms with E-state index in [9.17, 15) is 4.79 Å². The molecule has 2 N–H and O–H groups in total. The maximum Gasteiger partial charge on any atom is 0.221 e. The summed E-state index contributed by atoms with van der Waals surface area (Å²) in [5.74, 6) is 0.916. The molecular weight excluding hydrogens is 308 g/mol. The van der Waals surface area contributed by atoms with Crippen LogP contribution in [0.15, 0.2) is 21.8 Å². The molecular formula is C16H28N6O2. The van der Waals surface area contributed by atoms with E-state index < -0.39 is 0 Å². The van der Waals surface area contributed by atoms with Crippen LogP contribution in [0.3, 0.4) is 0 Å². The molecule has 1 aliphatic rings. The zero-order valence-corrected chi connectivity index (χ0v) is 14.8. The van der Waals surface area contributed by atoms with Gasteiger partial charge in [0.05, 0.1) is 5.69 Å². The van der Waals surface area contributed by atoms with E-state index in [0.717, 1.165) is 44.4 Å². The van der Waals surface area contributed by atoms with Gasteiger partial charge in [0, 0.05) is 64.8 Å². The van der Waals surface area contributed by atoms with Gasteiger partial charge in [-0.25, -0.2) is 0 Å². The molecule has 8 nitrogen and oxygen atoms in total. The summed E-state index contributed by atoms with van der Waals surface area (Å²) in [5.41, 5.74) is 0.960. The number of nitrogens with one attached hydrogen (secondary N) is 2. The van der Waals surface area contributed by atoms with E-state index in [1.807, 2.05) is 19.9 Å². The Hall–Kier alpha value is -2.09. The van der Waals surface area contributed by atoms with Crippen molar-refractivity contribution in [3.63, 3.8) is 0 Å². The third-order valence-electron chi connectivity index (χ3n) is 3.85. The van der Waals surface area contributed by atoms with E-state index in [4.69, 9.17) is 4.52 Å². The third kappa shape index (κ3) is 5.84. The van der Waals surface area contributed by atoms with Gasteiger partial charge in [-0.05, 0) is 13.8 Å². The quantitative estimate of drug-likeness (QED) is 0.573. The molecule has 0 aliphatic carbocycles. The van der Waals surface area contributed by atoms with Crippen LogP contribution in [0.2, 0.25) is 0 Å². The molecule has 1 amide bonds. The van der Waals surface area contributed by atoms with E-state index >= 15 is 0 Å². The van der Waals surface area contributed by atoms with Crippen LogP contribution >= 0.6 is 0 Å². The molecule has 0 bridgehead atoms.